The van der Waals surface area contributed by atoms with Gasteiger partial charge in [0.15, 0.2) is 0 Å². The lowest BCUT2D eigenvalue weighted by atomic mass is 10.2. The number of aliphatic carboxylic acids is 4. The second-order valence-corrected chi connectivity index (χ2v) is 4.15. The predicted molar refractivity (Wildman–Crippen MR) is 69.8 cm³/mol. The summed E-state index contributed by atoms with van der Waals surface area (Å²) in [5, 5.41) is 33.3. The molecule has 0 aliphatic heterocycles. The molecule has 1 rings (SSSR count). The maximum absolute atomic E-state index is 10.4. The number of hydrogen-bond acceptors (Lipinski definition) is 4. The van der Waals surface area contributed by atoms with E-state index in [4.69, 9.17) is 20.4 Å². The second kappa shape index (κ2) is 8.51. The van der Waals surface area contributed by atoms with E-state index >= 15 is 0 Å². The van der Waals surface area contributed by atoms with E-state index in [9.17, 15) is 19.2 Å². The summed E-state index contributed by atoms with van der Waals surface area (Å²) >= 11 is 0. The van der Waals surface area contributed by atoms with E-state index in [0.717, 1.165) is 18.4 Å². The van der Waals surface area contributed by atoms with Gasteiger partial charge >= 0.3 is 23.9 Å². The first-order valence-corrected chi connectivity index (χ1v) is 5.95. The molecule has 0 bridgehead atoms. The van der Waals surface area contributed by atoms with E-state index in [-0.39, 0.29) is 17.6 Å². The summed E-state index contributed by atoms with van der Waals surface area (Å²) in [7, 11) is 0. The first-order chi connectivity index (χ1) is 9.68. The van der Waals surface area contributed by atoms with E-state index in [1.807, 2.05) is 0 Å². The van der Waals surface area contributed by atoms with Crippen molar-refractivity contribution in [3.63, 3.8) is 0 Å². The van der Waals surface area contributed by atoms with Crippen LogP contribution >= 0.6 is 0 Å². The lowest BCUT2D eigenvalue weighted by Gasteiger charge is -1.94. The molecule has 0 aromatic carbocycles. The molecule has 116 valence electrons. The lowest BCUT2D eigenvalue weighted by molar-refractivity contribution is -0.139. The maximum Gasteiger partial charge on any atom is 0.332 e. The van der Waals surface area contributed by atoms with E-state index < -0.39 is 30.3 Å². The zero-order valence-electron chi connectivity index (χ0n) is 11.3. The Labute approximate surface area is 120 Å². The molecule has 1 aliphatic rings. The summed E-state index contributed by atoms with van der Waals surface area (Å²) in [6.45, 7) is 1.49. The van der Waals surface area contributed by atoms with Crippen molar-refractivity contribution in [3.05, 3.63) is 22.8 Å². The molecule has 0 atom stereocenters. The van der Waals surface area contributed by atoms with Crippen molar-refractivity contribution in [2.75, 3.05) is 0 Å². The first kappa shape index (κ1) is 18.4. The number of carbonyl (C=O) groups is 4. The Morgan fingerprint density at radius 1 is 0.905 bits per heavy atom. The van der Waals surface area contributed by atoms with Crippen LogP contribution in [0.4, 0.5) is 0 Å². The van der Waals surface area contributed by atoms with Gasteiger partial charge in [0.1, 0.15) is 0 Å². The summed E-state index contributed by atoms with van der Waals surface area (Å²) in [5.74, 6) is -4.48. The molecular formula is C13H16O8. The Balaban J connectivity index is 0.000000384. The average Bonchev–Trinajstić information content (AvgIpc) is 3.16. The van der Waals surface area contributed by atoms with Gasteiger partial charge in [0.05, 0.1) is 12.8 Å². The molecule has 0 aromatic heterocycles. The molecule has 0 spiro atoms. The van der Waals surface area contributed by atoms with Gasteiger partial charge in [-0.2, -0.15) is 0 Å². The molecule has 0 unspecified atom stereocenters. The molecule has 4 N–H and O–H groups in total. The fraction of sp³-hybridized carbons (Fsp3) is 0.385. The van der Waals surface area contributed by atoms with Crippen molar-refractivity contribution >= 4 is 23.9 Å². The molecule has 0 saturated heterocycles. The minimum Gasteiger partial charge on any atom is -0.481 e. The van der Waals surface area contributed by atoms with Crippen LogP contribution < -0.4 is 0 Å². The Morgan fingerprint density at radius 2 is 1.38 bits per heavy atom. The van der Waals surface area contributed by atoms with Crippen molar-refractivity contribution in [3.8, 4) is 0 Å². The molecule has 21 heavy (non-hydrogen) atoms. The van der Waals surface area contributed by atoms with Crippen LogP contribution in [-0.2, 0) is 19.2 Å². The minimum atomic E-state index is -1.18. The molecule has 0 heterocycles. The highest BCUT2D eigenvalue weighted by molar-refractivity contribution is 5.93. The molecule has 1 saturated carbocycles. The van der Waals surface area contributed by atoms with Gasteiger partial charge in [-0.1, -0.05) is 11.6 Å². The molecule has 0 amide bonds. The van der Waals surface area contributed by atoms with Gasteiger partial charge in [-0.15, -0.1) is 0 Å². The number of carboxylic acid groups (broad SMARTS) is 4. The molecular weight excluding hydrogens is 284 g/mol. The summed E-state index contributed by atoms with van der Waals surface area (Å²) < 4.78 is 0. The van der Waals surface area contributed by atoms with Crippen LogP contribution in [0, 0.1) is 0 Å². The Hall–Kier alpha value is -2.64. The average molecular weight is 300 g/mol. The summed E-state index contributed by atoms with van der Waals surface area (Å²) in [5.41, 5.74) is 0.755. The van der Waals surface area contributed by atoms with Crippen LogP contribution in [-0.4, -0.2) is 44.3 Å². The van der Waals surface area contributed by atoms with E-state index in [1.54, 1.807) is 0 Å². The van der Waals surface area contributed by atoms with Gasteiger partial charge in [-0.3, -0.25) is 9.59 Å². The van der Waals surface area contributed by atoms with Crippen LogP contribution in [0.1, 0.15) is 32.6 Å². The summed E-state index contributed by atoms with van der Waals surface area (Å²) in [6.07, 6.45) is 1.98. The smallest absolute Gasteiger partial charge is 0.332 e. The monoisotopic (exact) mass is 300 g/mol. The fourth-order valence-electron chi connectivity index (χ4n) is 1.33. The van der Waals surface area contributed by atoms with Crippen LogP contribution in [0.25, 0.3) is 0 Å². The molecule has 0 radical (unpaired) electrons. The van der Waals surface area contributed by atoms with Crippen molar-refractivity contribution < 1.29 is 39.6 Å². The van der Waals surface area contributed by atoms with E-state index in [2.05, 4.69) is 0 Å². The SMILES string of the molecule is CC=C(CC(=O)O)C(=O)O.O=C(O)CC(C(=O)O)=C1CC1. The van der Waals surface area contributed by atoms with Crippen LogP contribution in [0.15, 0.2) is 22.8 Å². The highest BCUT2D eigenvalue weighted by atomic mass is 16.4. The van der Waals surface area contributed by atoms with Crippen molar-refractivity contribution in [1.29, 1.82) is 0 Å². The molecule has 0 aromatic rings. The van der Waals surface area contributed by atoms with Gasteiger partial charge in [0.25, 0.3) is 0 Å². The van der Waals surface area contributed by atoms with Crippen molar-refractivity contribution in [2.45, 2.75) is 32.6 Å². The third-order valence-corrected chi connectivity index (χ3v) is 2.48. The highest BCUT2D eigenvalue weighted by Crippen LogP contribution is 2.32. The Morgan fingerprint density at radius 3 is 1.57 bits per heavy atom. The highest BCUT2D eigenvalue weighted by Gasteiger charge is 2.23. The summed E-state index contributed by atoms with van der Waals surface area (Å²) in [6, 6.07) is 0. The normalized spacial score (nSPS) is 12.8. The Kier molecular flexibility index (Phi) is 7.44. The topological polar surface area (TPSA) is 149 Å². The van der Waals surface area contributed by atoms with Crippen LogP contribution in [0.2, 0.25) is 0 Å². The zero-order chi connectivity index (χ0) is 16.6. The van der Waals surface area contributed by atoms with Gasteiger partial charge < -0.3 is 20.4 Å². The van der Waals surface area contributed by atoms with Gasteiger partial charge in [0.2, 0.25) is 0 Å². The largest absolute Gasteiger partial charge is 0.481 e. The standard InChI is InChI=1S/C7H8O4.C6H8O4/c8-6(9)3-5(7(10)11)4-1-2-4;1-2-4(6(9)10)3-5(7)8/h1-3H2,(H,8,9)(H,10,11);2H,3H2,1H3,(H,7,8)(H,9,10). The van der Waals surface area contributed by atoms with Gasteiger partial charge in [-0.25, -0.2) is 9.59 Å². The van der Waals surface area contributed by atoms with Crippen molar-refractivity contribution in [2.24, 2.45) is 0 Å². The van der Waals surface area contributed by atoms with Crippen LogP contribution in [0.3, 0.4) is 0 Å². The van der Waals surface area contributed by atoms with Gasteiger partial charge in [-0.05, 0) is 19.8 Å². The number of hydrogen-bond donors (Lipinski definition) is 4. The van der Waals surface area contributed by atoms with Crippen LogP contribution in [0.5, 0.6) is 0 Å². The summed E-state index contributed by atoms with van der Waals surface area (Å²) in [4.78, 5) is 40.6. The molecule has 8 heteroatoms. The fourth-order valence-corrected chi connectivity index (χ4v) is 1.33. The molecule has 1 fully saturated rings. The quantitative estimate of drug-likeness (QED) is 0.533. The second-order valence-electron chi connectivity index (χ2n) is 4.15. The molecule has 1 aliphatic carbocycles. The van der Waals surface area contributed by atoms with Crippen molar-refractivity contribution in [1.82, 2.24) is 0 Å². The Bertz CT molecular complexity index is 506. The molecule has 8 nitrogen and oxygen atoms in total. The number of rotatable bonds is 6. The van der Waals surface area contributed by atoms with E-state index in [1.165, 1.54) is 13.0 Å². The van der Waals surface area contributed by atoms with E-state index in [0.29, 0.717) is 0 Å². The maximum atomic E-state index is 10.4. The van der Waals surface area contributed by atoms with Gasteiger partial charge in [0, 0.05) is 11.1 Å². The lowest BCUT2D eigenvalue weighted by Crippen LogP contribution is -2.06. The first-order valence-electron chi connectivity index (χ1n) is 5.95. The number of carboxylic acids is 4. The number of allylic oxidation sites excluding steroid dienone is 2. The minimum absolute atomic E-state index is 0.0671. The third-order valence-electron chi connectivity index (χ3n) is 2.48. The zero-order valence-corrected chi connectivity index (χ0v) is 11.3. The predicted octanol–water partition coefficient (Wildman–Crippen LogP) is 1.13. The third kappa shape index (κ3) is 8.19.